The molecule has 1 saturated heterocycles. The van der Waals surface area contributed by atoms with Gasteiger partial charge in [-0.1, -0.05) is 5.16 Å². The standard InChI is InChI=1S/C10H15NO4S/c12-6-9-5-10(15-11-9)4-8-2-1-3-16(13,14)7-8/h5,8,12H,1-4,6-7H2. The third kappa shape index (κ3) is 2.82. The van der Waals surface area contributed by atoms with Crippen molar-refractivity contribution in [2.45, 2.75) is 25.9 Å². The van der Waals surface area contributed by atoms with E-state index in [1.54, 1.807) is 6.07 Å². The molecule has 1 aliphatic rings. The van der Waals surface area contributed by atoms with Crippen LogP contribution in [-0.4, -0.2) is 30.2 Å². The molecule has 0 spiro atoms. The van der Waals surface area contributed by atoms with E-state index in [-0.39, 0.29) is 18.3 Å². The Hall–Kier alpha value is -0.880. The molecule has 1 aliphatic heterocycles. The highest BCUT2D eigenvalue weighted by atomic mass is 32.2. The lowest BCUT2D eigenvalue weighted by molar-refractivity contribution is 0.264. The third-order valence-corrected chi connectivity index (χ3v) is 4.71. The number of hydrogen-bond donors (Lipinski definition) is 1. The zero-order chi connectivity index (χ0) is 11.6. The van der Waals surface area contributed by atoms with Crippen LogP contribution in [0.5, 0.6) is 0 Å². The van der Waals surface area contributed by atoms with Crippen LogP contribution in [-0.2, 0) is 22.9 Å². The van der Waals surface area contributed by atoms with Crippen molar-refractivity contribution in [2.24, 2.45) is 5.92 Å². The van der Waals surface area contributed by atoms with E-state index in [0.29, 0.717) is 23.6 Å². The number of aliphatic hydroxyl groups is 1. The summed E-state index contributed by atoms with van der Waals surface area (Å²) in [5.74, 6) is 1.33. The van der Waals surface area contributed by atoms with Gasteiger partial charge in [0.2, 0.25) is 0 Å². The molecule has 1 unspecified atom stereocenters. The molecule has 0 bridgehead atoms. The monoisotopic (exact) mass is 245 g/mol. The quantitative estimate of drug-likeness (QED) is 0.840. The van der Waals surface area contributed by atoms with E-state index in [1.165, 1.54) is 0 Å². The van der Waals surface area contributed by atoms with E-state index in [2.05, 4.69) is 5.16 Å². The highest BCUT2D eigenvalue weighted by Gasteiger charge is 2.25. The average molecular weight is 245 g/mol. The van der Waals surface area contributed by atoms with Gasteiger partial charge in [-0.3, -0.25) is 0 Å². The molecule has 2 heterocycles. The van der Waals surface area contributed by atoms with Crippen LogP contribution in [0.15, 0.2) is 10.6 Å². The van der Waals surface area contributed by atoms with E-state index >= 15 is 0 Å². The topological polar surface area (TPSA) is 80.4 Å². The summed E-state index contributed by atoms with van der Waals surface area (Å²) in [6.45, 7) is -0.146. The molecule has 90 valence electrons. The van der Waals surface area contributed by atoms with Crippen LogP contribution in [0.2, 0.25) is 0 Å². The number of nitrogens with zero attached hydrogens (tertiary/aromatic N) is 1. The maximum Gasteiger partial charge on any atom is 0.150 e. The fourth-order valence-corrected chi connectivity index (χ4v) is 3.87. The van der Waals surface area contributed by atoms with Gasteiger partial charge < -0.3 is 9.63 Å². The van der Waals surface area contributed by atoms with Crippen LogP contribution in [0.1, 0.15) is 24.3 Å². The third-order valence-electron chi connectivity index (χ3n) is 2.82. The Balaban J connectivity index is 1.99. The normalized spacial score (nSPS) is 24.4. The molecule has 1 aromatic heterocycles. The molecule has 1 fully saturated rings. The first kappa shape index (κ1) is 11.6. The van der Waals surface area contributed by atoms with E-state index in [4.69, 9.17) is 9.63 Å². The first-order valence-corrected chi connectivity index (χ1v) is 7.17. The van der Waals surface area contributed by atoms with Gasteiger partial charge in [0, 0.05) is 12.5 Å². The minimum Gasteiger partial charge on any atom is -0.390 e. The Morgan fingerprint density at radius 1 is 1.56 bits per heavy atom. The van der Waals surface area contributed by atoms with Gasteiger partial charge in [0.1, 0.15) is 11.5 Å². The summed E-state index contributed by atoms with van der Waals surface area (Å²) in [4.78, 5) is 0. The zero-order valence-electron chi connectivity index (χ0n) is 8.92. The highest BCUT2D eigenvalue weighted by molar-refractivity contribution is 7.91. The first-order valence-electron chi connectivity index (χ1n) is 5.35. The maximum atomic E-state index is 11.4. The molecule has 0 aromatic carbocycles. The Bertz CT molecular complexity index is 451. The van der Waals surface area contributed by atoms with Crippen molar-refractivity contribution in [1.29, 1.82) is 0 Å². The second kappa shape index (κ2) is 4.55. The van der Waals surface area contributed by atoms with Gasteiger partial charge >= 0.3 is 0 Å². The lowest BCUT2D eigenvalue weighted by atomic mass is 10.00. The SMILES string of the molecule is O=S1(=O)CCCC(Cc2cc(CO)no2)C1. The number of sulfone groups is 1. The van der Waals surface area contributed by atoms with Crippen LogP contribution in [0.3, 0.4) is 0 Å². The van der Waals surface area contributed by atoms with E-state index in [0.717, 1.165) is 12.8 Å². The smallest absolute Gasteiger partial charge is 0.150 e. The van der Waals surface area contributed by atoms with E-state index in [1.807, 2.05) is 0 Å². The van der Waals surface area contributed by atoms with Gasteiger partial charge in [-0.15, -0.1) is 0 Å². The minimum atomic E-state index is -2.86. The molecule has 5 nitrogen and oxygen atoms in total. The van der Waals surface area contributed by atoms with Crippen LogP contribution >= 0.6 is 0 Å². The van der Waals surface area contributed by atoms with Crippen molar-refractivity contribution in [3.63, 3.8) is 0 Å². The highest BCUT2D eigenvalue weighted by Crippen LogP contribution is 2.22. The van der Waals surface area contributed by atoms with E-state index in [9.17, 15) is 8.42 Å². The Morgan fingerprint density at radius 2 is 2.38 bits per heavy atom. The molecule has 0 amide bonds. The molecule has 0 saturated carbocycles. The summed E-state index contributed by atoms with van der Waals surface area (Å²) in [5.41, 5.74) is 0.494. The second-order valence-electron chi connectivity index (χ2n) is 4.27. The van der Waals surface area contributed by atoms with Crippen molar-refractivity contribution in [2.75, 3.05) is 11.5 Å². The molecule has 2 rings (SSSR count). The Labute approximate surface area is 94.4 Å². The summed E-state index contributed by atoms with van der Waals surface area (Å²) in [6, 6.07) is 1.68. The van der Waals surface area contributed by atoms with Crippen LogP contribution in [0.25, 0.3) is 0 Å². The van der Waals surface area contributed by atoms with Crippen LogP contribution in [0, 0.1) is 5.92 Å². The molecule has 1 N–H and O–H groups in total. The number of rotatable bonds is 3. The van der Waals surface area contributed by atoms with Crippen molar-refractivity contribution in [1.82, 2.24) is 5.16 Å². The lowest BCUT2D eigenvalue weighted by Gasteiger charge is -2.20. The number of hydrogen-bond acceptors (Lipinski definition) is 5. The summed E-state index contributed by atoms with van der Waals surface area (Å²) in [5, 5.41) is 12.5. The second-order valence-corrected chi connectivity index (χ2v) is 6.50. The predicted molar refractivity (Wildman–Crippen MR) is 57.5 cm³/mol. The fraction of sp³-hybridized carbons (Fsp3) is 0.700. The number of aliphatic hydroxyl groups excluding tert-OH is 1. The van der Waals surface area contributed by atoms with Gasteiger partial charge in [0.15, 0.2) is 9.84 Å². The van der Waals surface area contributed by atoms with Crippen molar-refractivity contribution in [3.05, 3.63) is 17.5 Å². The van der Waals surface area contributed by atoms with Crippen molar-refractivity contribution < 1.29 is 18.0 Å². The largest absolute Gasteiger partial charge is 0.390 e. The maximum absolute atomic E-state index is 11.4. The Kier molecular flexibility index (Phi) is 3.30. The first-order chi connectivity index (χ1) is 7.59. The summed E-state index contributed by atoms with van der Waals surface area (Å²) in [7, 11) is -2.86. The van der Waals surface area contributed by atoms with Crippen molar-refractivity contribution >= 4 is 9.84 Å². The molecular formula is C10H15NO4S. The van der Waals surface area contributed by atoms with Gasteiger partial charge in [-0.05, 0) is 18.8 Å². The molecular weight excluding hydrogens is 230 g/mol. The Morgan fingerprint density at radius 3 is 3.00 bits per heavy atom. The molecule has 0 aliphatic carbocycles. The van der Waals surface area contributed by atoms with Gasteiger partial charge in [0.05, 0.1) is 18.1 Å². The average Bonchev–Trinajstić information content (AvgIpc) is 2.64. The summed E-state index contributed by atoms with van der Waals surface area (Å²) >= 11 is 0. The number of aromatic nitrogens is 1. The van der Waals surface area contributed by atoms with Crippen molar-refractivity contribution in [3.8, 4) is 0 Å². The molecule has 1 atom stereocenters. The van der Waals surface area contributed by atoms with E-state index < -0.39 is 9.84 Å². The predicted octanol–water partition coefficient (Wildman–Crippen LogP) is 0.534. The lowest BCUT2D eigenvalue weighted by Crippen LogP contribution is -2.26. The summed E-state index contributed by atoms with van der Waals surface area (Å²) < 4.78 is 27.9. The molecule has 0 radical (unpaired) electrons. The molecule has 6 heteroatoms. The van der Waals surface area contributed by atoms with Crippen LogP contribution in [0.4, 0.5) is 0 Å². The molecule has 16 heavy (non-hydrogen) atoms. The molecule has 1 aromatic rings. The summed E-state index contributed by atoms with van der Waals surface area (Å²) in [6.07, 6.45) is 2.23. The zero-order valence-corrected chi connectivity index (χ0v) is 9.74. The van der Waals surface area contributed by atoms with Crippen LogP contribution < -0.4 is 0 Å². The van der Waals surface area contributed by atoms with Gasteiger partial charge in [-0.2, -0.15) is 0 Å². The fourth-order valence-electron chi connectivity index (χ4n) is 2.09. The van der Waals surface area contributed by atoms with Gasteiger partial charge in [-0.25, -0.2) is 8.42 Å². The minimum absolute atomic E-state index is 0.123. The van der Waals surface area contributed by atoms with Gasteiger partial charge in [0.25, 0.3) is 0 Å².